The Bertz CT molecular complexity index is 1650. The standard InChI is InChI=1S/C32H33N3O6S/c1-20(36)26-3-2-4-27(14-26)24-5-7-25(8-6-24)31(37)34-42(40,41)28-9-10-29(30(15-28)35(38)39)33-19-32-16-21-11-22(17-32)13-23(12-21)18-32/h2-10,14-15,21-23,33H,11-13,16-19H2,1H3,(H,34,37). The number of carbonyl (C=O) groups excluding carboxylic acids is 2. The highest BCUT2D eigenvalue weighted by Gasteiger charge is 2.50. The van der Waals surface area contributed by atoms with E-state index in [-0.39, 0.29) is 33.0 Å². The highest BCUT2D eigenvalue weighted by atomic mass is 32.2. The summed E-state index contributed by atoms with van der Waals surface area (Å²) in [5.74, 6) is 1.32. The molecule has 4 saturated carbocycles. The van der Waals surface area contributed by atoms with Crippen LogP contribution in [0.25, 0.3) is 11.1 Å². The number of ketones is 1. The van der Waals surface area contributed by atoms with Gasteiger partial charge in [0.05, 0.1) is 9.82 Å². The van der Waals surface area contributed by atoms with Crippen molar-refractivity contribution in [2.75, 3.05) is 11.9 Å². The molecule has 7 rings (SSSR count). The van der Waals surface area contributed by atoms with Crippen LogP contribution in [0.1, 0.15) is 66.2 Å². The van der Waals surface area contributed by atoms with Gasteiger partial charge in [0.1, 0.15) is 5.69 Å². The third-order valence-electron chi connectivity index (χ3n) is 9.27. The van der Waals surface area contributed by atoms with Crippen molar-refractivity contribution in [2.24, 2.45) is 23.2 Å². The number of benzene rings is 3. The number of nitro benzene ring substituents is 1. The van der Waals surface area contributed by atoms with Gasteiger partial charge in [0.2, 0.25) is 0 Å². The van der Waals surface area contributed by atoms with Crippen LogP contribution in [0.4, 0.5) is 11.4 Å². The van der Waals surface area contributed by atoms with Crippen LogP contribution >= 0.6 is 0 Å². The lowest BCUT2D eigenvalue weighted by molar-refractivity contribution is -0.384. The van der Waals surface area contributed by atoms with E-state index in [1.165, 1.54) is 50.5 Å². The minimum atomic E-state index is -4.38. The van der Waals surface area contributed by atoms with Crippen LogP contribution in [-0.2, 0) is 10.0 Å². The summed E-state index contributed by atoms with van der Waals surface area (Å²) in [6.45, 7) is 2.12. The minimum Gasteiger partial charge on any atom is -0.379 e. The third kappa shape index (κ3) is 5.55. The number of hydrogen-bond acceptors (Lipinski definition) is 7. The quantitative estimate of drug-likeness (QED) is 0.173. The van der Waals surface area contributed by atoms with Gasteiger partial charge in [-0.1, -0.05) is 30.3 Å². The van der Waals surface area contributed by atoms with Gasteiger partial charge in [-0.25, -0.2) is 13.1 Å². The van der Waals surface area contributed by atoms with Crippen LogP contribution in [-0.4, -0.2) is 31.6 Å². The zero-order valence-electron chi connectivity index (χ0n) is 23.3. The van der Waals surface area contributed by atoms with Crippen molar-refractivity contribution in [2.45, 2.75) is 50.3 Å². The summed E-state index contributed by atoms with van der Waals surface area (Å²) in [4.78, 5) is 35.5. The van der Waals surface area contributed by atoms with E-state index in [0.717, 1.165) is 54.2 Å². The molecule has 4 aliphatic rings. The van der Waals surface area contributed by atoms with Gasteiger partial charge in [-0.2, -0.15) is 0 Å². The first kappa shape index (κ1) is 28.1. The second-order valence-electron chi connectivity index (χ2n) is 12.4. The summed E-state index contributed by atoms with van der Waals surface area (Å²) in [5.41, 5.74) is 2.29. The molecule has 3 aromatic rings. The summed E-state index contributed by atoms with van der Waals surface area (Å²) in [6, 6.07) is 17.1. The van der Waals surface area contributed by atoms with Gasteiger partial charge in [0, 0.05) is 23.7 Å². The number of nitrogens with one attached hydrogen (secondary N) is 2. The maximum Gasteiger partial charge on any atom is 0.293 e. The van der Waals surface area contributed by atoms with Gasteiger partial charge in [-0.15, -0.1) is 0 Å². The molecule has 0 aliphatic heterocycles. The van der Waals surface area contributed by atoms with E-state index < -0.39 is 20.9 Å². The molecule has 4 aliphatic carbocycles. The first-order valence-electron chi connectivity index (χ1n) is 14.3. The number of rotatable bonds is 9. The fraction of sp³-hybridized carbons (Fsp3) is 0.375. The lowest BCUT2D eigenvalue weighted by atomic mass is 9.49. The largest absolute Gasteiger partial charge is 0.379 e. The van der Waals surface area contributed by atoms with Crippen molar-refractivity contribution in [3.63, 3.8) is 0 Å². The van der Waals surface area contributed by atoms with E-state index >= 15 is 0 Å². The maximum absolute atomic E-state index is 13.1. The number of Topliss-reactive ketones (excluding diaryl/α,β-unsaturated/α-hetero) is 1. The highest BCUT2D eigenvalue weighted by Crippen LogP contribution is 2.60. The molecule has 4 fully saturated rings. The first-order valence-corrected chi connectivity index (χ1v) is 15.8. The Labute approximate surface area is 244 Å². The normalized spacial score (nSPS) is 24.3. The van der Waals surface area contributed by atoms with Crippen LogP contribution < -0.4 is 10.0 Å². The van der Waals surface area contributed by atoms with Gasteiger partial charge >= 0.3 is 0 Å². The van der Waals surface area contributed by atoms with Crippen molar-refractivity contribution >= 4 is 33.1 Å². The van der Waals surface area contributed by atoms with Crippen LogP contribution in [0.3, 0.4) is 0 Å². The Morgan fingerprint density at radius 2 is 1.52 bits per heavy atom. The molecule has 0 aromatic heterocycles. The number of amides is 1. The van der Waals surface area contributed by atoms with E-state index in [0.29, 0.717) is 12.1 Å². The molecule has 0 heterocycles. The van der Waals surface area contributed by atoms with Crippen molar-refractivity contribution in [3.8, 4) is 11.1 Å². The number of sulfonamides is 1. The molecule has 0 saturated heterocycles. The molecule has 42 heavy (non-hydrogen) atoms. The van der Waals surface area contributed by atoms with E-state index in [2.05, 4.69) is 5.32 Å². The molecule has 1 amide bonds. The van der Waals surface area contributed by atoms with Crippen molar-refractivity contribution in [1.29, 1.82) is 0 Å². The predicted octanol–water partition coefficient (Wildman–Crippen LogP) is 6.21. The number of anilines is 1. The lowest BCUT2D eigenvalue weighted by Gasteiger charge is -2.57. The SMILES string of the molecule is CC(=O)c1cccc(-c2ccc(C(=O)NS(=O)(=O)c3ccc(NCC45CC6CC(CC(C6)C4)C5)c([N+](=O)[O-])c3)cc2)c1. The first-order chi connectivity index (χ1) is 20.0. The van der Waals surface area contributed by atoms with E-state index in [4.69, 9.17) is 0 Å². The van der Waals surface area contributed by atoms with Crippen LogP contribution in [0.5, 0.6) is 0 Å². The Kier molecular flexibility index (Phi) is 7.12. The molecule has 0 atom stereocenters. The minimum absolute atomic E-state index is 0.0651. The third-order valence-corrected chi connectivity index (χ3v) is 10.6. The molecule has 9 nitrogen and oxygen atoms in total. The molecule has 10 heteroatoms. The zero-order valence-corrected chi connectivity index (χ0v) is 24.2. The van der Waals surface area contributed by atoms with Gasteiger partial charge in [-0.05, 0) is 110 Å². The maximum atomic E-state index is 13.1. The smallest absolute Gasteiger partial charge is 0.293 e. The van der Waals surface area contributed by atoms with Crippen molar-refractivity contribution in [3.05, 3.63) is 88.0 Å². The number of nitrogens with zero attached hydrogens (tertiary/aromatic N) is 1. The monoisotopic (exact) mass is 587 g/mol. The van der Waals surface area contributed by atoms with Crippen molar-refractivity contribution < 1.29 is 22.9 Å². The van der Waals surface area contributed by atoms with Gasteiger partial charge in [-0.3, -0.25) is 19.7 Å². The summed E-state index contributed by atoms with van der Waals surface area (Å²) in [5, 5.41) is 15.2. The molecular formula is C32H33N3O6S. The van der Waals surface area contributed by atoms with Crippen LogP contribution in [0.2, 0.25) is 0 Å². The average molecular weight is 588 g/mol. The summed E-state index contributed by atoms with van der Waals surface area (Å²) < 4.78 is 28.2. The summed E-state index contributed by atoms with van der Waals surface area (Å²) in [7, 11) is -4.38. The fourth-order valence-corrected chi connectivity index (χ4v) is 8.73. The molecule has 0 unspecified atom stereocenters. The Morgan fingerprint density at radius 3 is 2.12 bits per heavy atom. The molecule has 0 spiro atoms. The Hall–Kier alpha value is -4.05. The van der Waals surface area contributed by atoms with E-state index in [1.807, 2.05) is 10.8 Å². The molecular weight excluding hydrogens is 554 g/mol. The predicted molar refractivity (Wildman–Crippen MR) is 159 cm³/mol. The molecule has 0 radical (unpaired) electrons. The van der Waals surface area contributed by atoms with Crippen LogP contribution in [0.15, 0.2) is 71.6 Å². The highest BCUT2D eigenvalue weighted by molar-refractivity contribution is 7.90. The second-order valence-corrected chi connectivity index (χ2v) is 14.0. The van der Waals surface area contributed by atoms with Gasteiger partial charge in [0.25, 0.3) is 21.6 Å². The molecule has 218 valence electrons. The molecule has 3 aromatic carbocycles. The number of nitro groups is 1. The van der Waals surface area contributed by atoms with Gasteiger partial charge in [0.15, 0.2) is 5.78 Å². The Morgan fingerprint density at radius 1 is 0.881 bits per heavy atom. The lowest BCUT2D eigenvalue weighted by Crippen LogP contribution is -2.49. The summed E-state index contributed by atoms with van der Waals surface area (Å²) >= 11 is 0. The topological polar surface area (TPSA) is 135 Å². The van der Waals surface area contributed by atoms with Crippen LogP contribution in [0, 0.1) is 33.3 Å². The van der Waals surface area contributed by atoms with E-state index in [1.54, 1.807) is 30.3 Å². The van der Waals surface area contributed by atoms with Crippen molar-refractivity contribution in [1.82, 2.24) is 4.72 Å². The van der Waals surface area contributed by atoms with Gasteiger partial charge < -0.3 is 5.32 Å². The number of carbonyl (C=O) groups is 2. The molecule has 2 N–H and O–H groups in total. The summed E-state index contributed by atoms with van der Waals surface area (Å²) in [6.07, 6.45) is 7.34. The van der Waals surface area contributed by atoms with E-state index in [9.17, 15) is 28.1 Å². The fourth-order valence-electron chi connectivity index (χ4n) is 7.74. The Balaban J connectivity index is 1.15. The number of hydrogen-bond donors (Lipinski definition) is 2. The second kappa shape index (κ2) is 10.7. The average Bonchev–Trinajstić information content (AvgIpc) is 2.95. The molecule has 4 bridgehead atoms. The zero-order chi connectivity index (χ0) is 29.6.